The van der Waals surface area contributed by atoms with E-state index in [1.807, 2.05) is 0 Å². The van der Waals surface area contributed by atoms with Crippen LogP contribution in [0.25, 0.3) is 0 Å². The van der Waals surface area contributed by atoms with Gasteiger partial charge in [-0.05, 0) is 70.5 Å². The molecule has 1 heterocycles. The molecule has 2 unspecified atom stereocenters. The number of likely N-dealkylation sites (tertiary alicyclic amines) is 1. The molecule has 3 aliphatic rings. The quantitative estimate of drug-likeness (QED) is 0.785. The van der Waals surface area contributed by atoms with Gasteiger partial charge in [-0.25, -0.2) is 0 Å². The van der Waals surface area contributed by atoms with E-state index in [1.54, 1.807) is 0 Å². The Kier molecular flexibility index (Phi) is 5.00. The van der Waals surface area contributed by atoms with Gasteiger partial charge in [0.05, 0.1) is 6.61 Å². The Balaban J connectivity index is 1.51. The Bertz CT molecular complexity index is 297. The van der Waals surface area contributed by atoms with E-state index in [0.29, 0.717) is 18.6 Å². The second-order valence-electron chi connectivity index (χ2n) is 7.37. The molecule has 2 atom stereocenters. The normalized spacial score (nSPS) is 36.1. The summed E-state index contributed by atoms with van der Waals surface area (Å²) >= 11 is 0. The molecule has 3 heteroatoms. The molecule has 3 rings (SSSR count). The van der Waals surface area contributed by atoms with Crippen LogP contribution in [0.3, 0.4) is 0 Å². The third-order valence-electron chi connectivity index (χ3n) is 5.80. The minimum absolute atomic E-state index is 0.0625. The largest absolute Gasteiger partial charge is 0.394 e. The third kappa shape index (κ3) is 3.55. The fourth-order valence-electron chi connectivity index (χ4n) is 4.34. The van der Waals surface area contributed by atoms with Crippen molar-refractivity contribution in [2.24, 2.45) is 5.92 Å². The topological polar surface area (TPSA) is 35.5 Å². The number of hydrogen-bond acceptors (Lipinski definition) is 3. The molecule has 3 nitrogen and oxygen atoms in total. The summed E-state index contributed by atoms with van der Waals surface area (Å²) in [6.07, 6.45) is 13.3. The van der Waals surface area contributed by atoms with E-state index in [-0.39, 0.29) is 5.54 Å². The van der Waals surface area contributed by atoms with E-state index in [2.05, 4.69) is 10.2 Å². The lowest BCUT2D eigenvalue weighted by Gasteiger charge is -2.36. The predicted octanol–water partition coefficient (Wildman–Crippen LogP) is 2.54. The first-order chi connectivity index (χ1) is 9.82. The van der Waals surface area contributed by atoms with E-state index >= 15 is 0 Å². The van der Waals surface area contributed by atoms with Crippen molar-refractivity contribution in [1.29, 1.82) is 0 Å². The van der Waals surface area contributed by atoms with Gasteiger partial charge in [-0.1, -0.05) is 19.3 Å². The van der Waals surface area contributed by atoms with Crippen molar-refractivity contribution in [3.8, 4) is 0 Å². The van der Waals surface area contributed by atoms with Crippen molar-refractivity contribution in [1.82, 2.24) is 10.2 Å². The van der Waals surface area contributed by atoms with Crippen LogP contribution in [-0.2, 0) is 0 Å². The summed E-state index contributed by atoms with van der Waals surface area (Å²) < 4.78 is 0. The monoisotopic (exact) mass is 280 g/mol. The lowest BCUT2D eigenvalue weighted by atomic mass is 9.85. The number of hydrogen-bond donors (Lipinski definition) is 2. The highest BCUT2D eigenvalue weighted by Crippen LogP contribution is 2.40. The number of aliphatic hydroxyl groups excluding tert-OH is 1. The summed E-state index contributed by atoms with van der Waals surface area (Å²) in [6.45, 7) is 4.19. The molecule has 2 saturated carbocycles. The first-order valence-electron chi connectivity index (χ1n) is 8.93. The van der Waals surface area contributed by atoms with Gasteiger partial charge in [0.1, 0.15) is 0 Å². The van der Waals surface area contributed by atoms with E-state index in [4.69, 9.17) is 0 Å². The van der Waals surface area contributed by atoms with Crippen LogP contribution in [0.1, 0.15) is 64.2 Å². The van der Waals surface area contributed by atoms with Gasteiger partial charge < -0.3 is 15.3 Å². The zero-order chi connectivity index (χ0) is 13.8. The van der Waals surface area contributed by atoms with Crippen LogP contribution in [-0.4, -0.2) is 47.8 Å². The highest BCUT2D eigenvalue weighted by Gasteiger charge is 2.44. The van der Waals surface area contributed by atoms with Crippen LogP contribution >= 0.6 is 0 Å². The summed E-state index contributed by atoms with van der Waals surface area (Å²) in [5, 5.41) is 13.8. The average Bonchev–Trinajstić information content (AvgIpc) is 3.23. The maximum atomic E-state index is 9.97. The molecule has 0 radical (unpaired) electrons. The maximum absolute atomic E-state index is 9.97. The molecule has 0 spiro atoms. The second kappa shape index (κ2) is 6.76. The number of nitrogens with one attached hydrogen (secondary N) is 1. The molecular formula is C17H32N2O. The zero-order valence-electron chi connectivity index (χ0n) is 12.9. The molecule has 0 aromatic heterocycles. The molecular weight excluding hydrogens is 248 g/mol. The van der Waals surface area contributed by atoms with E-state index in [9.17, 15) is 5.11 Å². The first-order valence-corrected chi connectivity index (χ1v) is 8.93. The highest BCUT2D eigenvalue weighted by atomic mass is 16.3. The lowest BCUT2D eigenvalue weighted by molar-refractivity contribution is 0.109. The minimum Gasteiger partial charge on any atom is -0.394 e. The summed E-state index contributed by atoms with van der Waals surface area (Å²) in [7, 11) is 0. The van der Waals surface area contributed by atoms with Gasteiger partial charge in [-0.2, -0.15) is 0 Å². The van der Waals surface area contributed by atoms with E-state index in [1.165, 1.54) is 83.8 Å². The van der Waals surface area contributed by atoms with Gasteiger partial charge >= 0.3 is 0 Å². The minimum atomic E-state index is 0.0625. The molecule has 116 valence electrons. The van der Waals surface area contributed by atoms with Gasteiger partial charge in [-0.3, -0.25) is 0 Å². The third-order valence-corrected chi connectivity index (χ3v) is 5.80. The smallest absolute Gasteiger partial charge is 0.0616 e. The maximum Gasteiger partial charge on any atom is 0.0616 e. The Morgan fingerprint density at radius 2 is 1.75 bits per heavy atom. The summed E-state index contributed by atoms with van der Waals surface area (Å²) in [5.41, 5.74) is 0.0625. The number of rotatable bonds is 6. The fraction of sp³-hybridized carbons (Fsp3) is 1.00. The van der Waals surface area contributed by atoms with E-state index in [0.717, 1.165) is 0 Å². The molecule has 2 aliphatic carbocycles. The zero-order valence-corrected chi connectivity index (χ0v) is 12.9. The molecule has 1 saturated heterocycles. The van der Waals surface area contributed by atoms with Gasteiger partial charge in [0, 0.05) is 11.6 Å². The molecule has 3 fully saturated rings. The highest BCUT2D eigenvalue weighted by molar-refractivity contribution is 5.03. The molecule has 2 N–H and O–H groups in total. The number of aliphatic hydroxyl groups is 1. The van der Waals surface area contributed by atoms with Crippen molar-refractivity contribution in [2.75, 3.05) is 26.2 Å². The Hall–Kier alpha value is -0.120. The van der Waals surface area contributed by atoms with Gasteiger partial charge in [0.2, 0.25) is 0 Å². The average molecular weight is 280 g/mol. The van der Waals surface area contributed by atoms with Crippen LogP contribution in [0.15, 0.2) is 0 Å². The molecule has 0 aromatic carbocycles. The van der Waals surface area contributed by atoms with Crippen LogP contribution in [0, 0.1) is 5.92 Å². The van der Waals surface area contributed by atoms with E-state index < -0.39 is 0 Å². The molecule has 0 bridgehead atoms. The Morgan fingerprint density at radius 1 is 1.00 bits per heavy atom. The molecule has 0 aromatic rings. The Morgan fingerprint density at radius 3 is 2.40 bits per heavy atom. The number of nitrogens with zero attached hydrogens (tertiary/aromatic N) is 1. The summed E-state index contributed by atoms with van der Waals surface area (Å²) in [5.74, 6) is 0.691. The predicted molar refractivity (Wildman–Crippen MR) is 82.8 cm³/mol. The first kappa shape index (κ1) is 14.8. The van der Waals surface area contributed by atoms with Crippen LogP contribution in [0.4, 0.5) is 0 Å². The standard InChI is InChI=1S/C17H32N2O/c20-14-17(18-16-7-8-16)10-5-6-15(17)9-13-19-11-3-1-2-4-12-19/h15-16,18,20H,1-14H2. The van der Waals surface area contributed by atoms with Crippen LogP contribution in [0.2, 0.25) is 0 Å². The SMILES string of the molecule is OCC1(NC2CC2)CCCC1CCN1CCCCCC1. The van der Waals surface area contributed by atoms with Crippen molar-refractivity contribution >= 4 is 0 Å². The van der Waals surface area contributed by atoms with Crippen molar-refractivity contribution in [2.45, 2.75) is 75.8 Å². The Labute approximate surface area is 124 Å². The van der Waals surface area contributed by atoms with Crippen molar-refractivity contribution < 1.29 is 5.11 Å². The van der Waals surface area contributed by atoms with Gasteiger partial charge in [0.25, 0.3) is 0 Å². The molecule has 0 amide bonds. The van der Waals surface area contributed by atoms with Gasteiger partial charge in [-0.15, -0.1) is 0 Å². The van der Waals surface area contributed by atoms with Crippen molar-refractivity contribution in [3.63, 3.8) is 0 Å². The van der Waals surface area contributed by atoms with Crippen molar-refractivity contribution in [3.05, 3.63) is 0 Å². The fourth-order valence-corrected chi connectivity index (χ4v) is 4.34. The molecule has 1 aliphatic heterocycles. The van der Waals surface area contributed by atoms with Gasteiger partial charge in [0.15, 0.2) is 0 Å². The second-order valence-corrected chi connectivity index (χ2v) is 7.37. The molecule has 20 heavy (non-hydrogen) atoms. The van der Waals surface area contributed by atoms with Crippen LogP contribution < -0.4 is 5.32 Å². The summed E-state index contributed by atoms with van der Waals surface area (Å²) in [4.78, 5) is 2.67. The lowest BCUT2D eigenvalue weighted by Crippen LogP contribution is -2.53. The summed E-state index contributed by atoms with van der Waals surface area (Å²) in [6, 6.07) is 0.709. The van der Waals surface area contributed by atoms with Crippen LogP contribution in [0.5, 0.6) is 0 Å².